The maximum absolute atomic E-state index is 13.0. The van der Waals surface area contributed by atoms with Crippen LogP contribution in [-0.2, 0) is 12.7 Å². The highest BCUT2D eigenvalue weighted by atomic mass is 19.4. The number of piperazine rings is 1. The van der Waals surface area contributed by atoms with Crippen LogP contribution in [0.4, 0.5) is 13.2 Å². The predicted molar refractivity (Wildman–Crippen MR) is 89.0 cm³/mol. The molecule has 0 unspecified atom stereocenters. The molecule has 0 radical (unpaired) electrons. The molecule has 1 aromatic carbocycles. The Labute approximate surface area is 141 Å². The molecule has 1 N–H and O–H groups in total. The average molecular weight is 345 g/mol. The van der Waals surface area contributed by atoms with Gasteiger partial charge in [-0.1, -0.05) is 13.8 Å². The second kappa shape index (κ2) is 9.03. The van der Waals surface area contributed by atoms with E-state index in [2.05, 4.69) is 5.32 Å². The minimum Gasteiger partial charge on any atom is -0.336 e. The molecular weight excluding hydrogens is 319 g/mol. The number of carbonyl (C=O) groups is 1. The van der Waals surface area contributed by atoms with Crippen LogP contribution in [0, 0.1) is 0 Å². The largest absolute Gasteiger partial charge is 0.416 e. The van der Waals surface area contributed by atoms with Crippen LogP contribution in [-0.4, -0.2) is 56.0 Å². The number of alkyl halides is 3. The quantitative estimate of drug-likeness (QED) is 0.915. The highest BCUT2D eigenvalue weighted by Gasteiger charge is 2.32. The third-order valence-electron chi connectivity index (χ3n) is 3.47. The Morgan fingerprint density at radius 3 is 2.25 bits per heavy atom. The first-order valence-electron chi connectivity index (χ1n) is 8.13. The first-order chi connectivity index (χ1) is 11.3. The fourth-order valence-electron chi connectivity index (χ4n) is 2.49. The van der Waals surface area contributed by atoms with Gasteiger partial charge in [-0.15, -0.1) is 0 Å². The van der Waals surface area contributed by atoms with Crippen molar-refractivity contribution in [3.05, 3.63) is 34.9 Å². The molecule has 136 valence electrons. The zero-order chi connectivity index (χ0) is 18.3. The van der Waals surface area contributed by atoms with Gasteiger partial charge in [0.15, 0.2) is 0 Å². The smallest absolute Gasteiger partial charge is 0.336 e. The van der Waals surface area contributed by atoms with Crippen LogP contribution in [0.3, 0.4) is 0 Å². The second-order valence-corrected chi connectivity index (χ2v) is 5.70. The monoisotopic (exact) mass is 345 g/mol. The summed E-state index contributed by atoms with van der Waals surface area (Å²) in [7, 11) is 3.55. The van der Waals surface area contributed by atoms with E-state index in [1.807, 2.05) is 13.8 Å². The highest BCUT2D eigenvalue weighted by Crippen LogP contribution is 2.31. The second-order valence-electron chi connectivity index (χ2n) is 5.70. The Balaban J connectivity index is 0.00000139. The van der Waals surface area contributed by atoms with Crippen LogP contribution in [0.15, 0.2) is 18.2 Å². The Morgan fingerprint density at radius 1 is 1.17 bits per heavy atom. The van der Waals surface area contributed by atoms with Gasteiger partial charge in [-0.2, -0.15) is 13.2 Å². The summed E-state index contributed by atoms with van der Waals surface area (Å²) in [5.41, 5.74) is -0.183. The lowest BCUT2D eigenvalue weighted by Crippen LogP contribution is -2.46. The number of carbonyl (C=O) groups excluding carboxylic acids is 1. The van der Waals surface area contributed by atoms with Crippen LogP contribution in [0.1, 0.15) is 35.3 Å². The number of amides is 1. The van der Waals surface area contributed by atoms with Crippen molar-refractivity contribution in [1.82, 2.24) is 15.1 Å². The Bertz CT molecular complexity index is 538. The number of nitrogens with zero attached hydrogens (tertiary/aromatic N) is 2. The first-order valence-corrected chi connectivity index (χ1v) is 8.13. The van der Waals surface area contributed by atoms with Gasteiger partial charge >= 0.3 is 6.18 Å². The molecule has 1 amide bonds. The van der Waals surface area contributed by atoms with Crippen molar-refractivity contribution in [2.24, 2.45) is 0 Å². The molecule has 7 heteroatoms. The minimum absolute atomic E-state index is 0.105. The van der Waals surface area contributed by atoms with Crippen molar-refractivity contribution >= 4 is 5.91 Å². The van der Waals surface area contributed by atoms with E-state index in [9.17, 15) is 18.0 Å². The number of halogens is 3. The van der Waals surface area contributed by atoms with Crippen molar-refractivity contribution in [3.8, 4) is 0 Å². The minimum atomic E-state index is -4.46. The van der Waals surface area contributed by atoms with Crippen LogP contribution in [0.5, 0.6) is 0 Å². The van der Waals surface area contributed by atoms with Crippen molar-refractivity contribution in [3.63, 3.8) is 0 Å². The van der Waals surface area contributed by atoms with Gasteiger partial charge in [0.1, 0.15) is 0 Å². The molecule has 1 saturated heterocycles. The molecule has 0 aromatic heterocycles. The van der Waals surface area contributed by atoms with Gasteiger partial charge in [0.25, 0.3) is 5.91 Å². The topological polar surface area (TPSA) is 35.6 Å². The van der Waals surface area contributed by atoms with Crippen molar-refractivity contribution < 1.29 is 18.0 Å². The fraction of sp³-hybridized carbons (Fsp3) is 0.588. The van der Waals surface area contributed by atoms with E-state index in [0.29, 0.717) is 38.3 Å². The average Bonchev–Trinajstić information content (AvgIpc) is 2.55. The summed E-state index contributed by atoms with van der Waals surface area (Å²) in [6, 6.07) is 3.61. The van der Waals surface area contributed by atoms with Gasteiger partial charge in [-0.3, -0.25) is 4.79 Å². The van der Waals surface area contributed by atoms with E-state index < -0.39 is 11.7 Å². The predicted octanol–water partition coefficient (Wildman–Crippen LogP) is 2.84. The summed E-state index contributed by atoms with van der Waals surface area (Å²) in [6.07, 6.45) is -4.46. The SMILES string of the molecule is CC.CN(C)Cc1cc(C(=O)N2CCNCC2)cc(C(F)(F)F)c1. The van der Waals surface area contributed by atoms with Gasteiger partial charge in [0, 0.05) is 38.3 Å². The number of nitrogens with one attached hydrogen (secondary N) is 1. The van der Waals surface area contributed by atoms with Crippen LogP contribution >= 0.6 is 0 Å². The van der Waals surface area contributed by atoms with Crippen LogP contribution < -0.4 is 5.32 Å². The first kappa shape index (κ1) is 20.4. The Morgan fingerprint density at radius 2 is 1.75 bits per heavy atom. The summed E-state index contributed by atoms with van der Waals surface area (Å²) in [5.74, 6) is -0.340. The molecule has 1 fully saturated rings. The number of rotatable bonds is 3. The zero-order valence-corrected chi connectivity index (χ0v) is 14.7. The van der Waals surface area contributed by atoms with Gasteiger partial charge in [0.05, 0.1) is 5.56 Å². The van der Waals surface area contributed by atoms with Gasteiger partial charge in [-0.05, 0) is 37.9 Å². The zero-order valence-electron chi connectivity index (χ0n) is 14.7. The van der Waals surface area contributed by atoms with Gasteiger partial charge in [0.2, 0.25) is 0 Å². The van der Waals surface area contributed by atoms with Crippen LogP contribution in [0.2, 0.25) is 0 Å². The van der Waals surface area contributed by atoms with Crippen LogP contribution in [0.25, 0.3) is 0 Å². The normalized spacial score (nSPS) is 15.1. The highest BCUT2D eigenvalue weighted by molar-refractivity contribution is 5.94. The summed E-state index contributed by atoms with van der Waals surface area (Å²) in [4.78, 5) is 15.8. The summed E-state index contributed by atoms with van der Waals surface area (Å²) < 4.78 is 39.1. The van der Waals surface area contributed by atoms with E-state index in [1.165, 1.54) is 0 Å². The van der Waals surface area contributed by atoms with Crippen molar-refractivity contribution in [1.29, 1.82) is 0 Å². The maximum atomic E-state index is 13.0. The van der Waals surface area contributed by atoms with E-state index in [1.54, 1.807) is 30.0 Å². The molecule has 1 aliphatic rings. The number of hydrogen-bond acceptors (Lipinski definition) is 3. The lowest BCUT2D eigenvalue weighted by molar-refractivity contribution is -0.137. The Hall–Kier alpha value is -1.60. The maximum Gasteiger partial charge on any atom is 0.416 e. The number of benzene rings is 1. The Kier molecular flexibility index (Phi) is 7.69. The molecule has 2 rings (SSSR count). The molecule has 1 aliphatic heterocycles. The van der Waals surface area contributed by atoms with E-state index in [4.69, 9.17) is 0 Å². The summed E-state index contributed by atoms with van der Waals surface area (Å²) in [5, 5.41) is 3.11. The molecule has 0 atom stereocenters. The van der Waals surface area contributed by atoms with Gasteiger partial charge < -0.3 is 15.1 Å². The molecule has 0 aliphatic carbocycles. The molecule has 4 nitrogen and oxygen atoms in total. The summed E-state index contributed by atoms with van der Waals surface area (Å²) in [6.45, 7) is 6.70. The third-order valence-corrected chi connectivity index (χ3v) is 3.47. The summed E-state index contributed by atoms with van der Waals surface area (Å²) >= 11 is 0. The number of hydrogen-bond donors (Lipinski definition) is 1. The molecule has 0 spiro atoms. The van der Waals surface area contributed by atoms with E-state index in [0.717, 1.165) is 12.1 Å². The molecule has 0 saturated carbocycles. The van der Waals surface area contributed by atoms with Gasteiger partial charge in [-0.25, -0.2) is 0 Å². The lowest BCUT2D eigenvalue weighted by Gasteiger charge is -2.28. The molecule has 1 aromatic rings. The molecular formula is C17H26F3N3O. The van der Waals surface area contributed by atoms with E-state index in [-0.39, 0.29) is 11.5 Å². The molecule has 24 heavy (non-hydrogen) atoms. The fourth-order valence-corrected chi connectivity index (χ4v) is 2.49. The third kappa shape index (κ3) is 5.79. The molecule has 0 bridgehead atoms. The standard InChI is InChI=1S/C15H20F3N3O.C2H6/c1-20(2)10-11-7-12(9-13(8-11)15(16,17)18)14(22)21-5-3-19-4-6-21;1-2/h7-9,19H,3-6,10H2,1-2H3;1-2H3. The van der Waals surface area contributed by atoms with Crippen molar-refractivity contribution in [2.45, 2.75) is 26.6 Å². The van der Waals surface area contributed by atoms with E-state index >= 15 is 0 Å². The van der Waals surface area contributed by atoms with Crippen molar-refractivity contribution in [2.75, 3.05) is 40.3 Å². The lowest BCUT2D eigenvalue weighted by atomic mass is 10.0. The molecule has 1 heterocycles.